The summed E-state index contributed by atoms with van der Waals surface area (Å²) in [5.41, 5.74) is 7.42. The third kappa shape index (κ3) is 5.55. The highest BCUT2D eigenvalue weighted by molar-refractivity contribution is 6.06. The Bertz CT molecular complexity index is 1010. The van der Waals surface area contributed by atoms with Crippen molar-refractivity contribution in [3.8, 4) is 5.75 Å². The van der Waals surface area contributed by atoms with Gasteiger partial charge in [0.25, 0.3) is 0 Å². The summed E-state index contributed by atoms with van der Waals surface area (Å²) in [5, 5.41) is 13.1. The molecule has 0 saturated heterocycles. The molecule has 1 heterocycles. The summed E-state index contributed by atoms with van der Waals surface area (Å²) in [6, 6.07) is 5.56. The van der Waals surface area contributed by atoms with Crippen LogP contribution in [0.5, 0.6) is 5.75 Å². The number of rotatable bonds is 8. The van der Waals surface area contributed by atoms with Crippen LogP contribution in [0.4, 0.5) is 5.69 Å². The Kier molecular flexibility index (Phi) is 7.33. The second-order valence-electron chi connectivity index (χ2n) is 9.27. The van der Waals surface area contributed by atoms with Crippen molar-refractivity contribution in [1.82, 2.24) is 10.3 Å². The lowest BCUT2D eigenvalue weighted by atomic mass is 9.93. The first kappa shape index (κ1) is 23.3. The maximum atomic E-state index is 12.2. The Morgan fingerprint density at radius 3 is 2.58 bits per heavy atom. The van der Waals surface area contributed by atoms with Gasteiger partial charge in [-0.15, -0.1) is 0 Å². The third-order valence-corrected chi connectivity index (χ3v) is 6.80. The van der Waals surface area contributed by atoms with Gasteiger partial charge in [0, 0.05) is 6.04 Å². The Hall–Kier alpha value is -2.87. The number of aromatic carboxylic acids is 1. The summed E-state index contributed by atoms with van der Waals surface area (Å²) in [5.74, 6) is 0.00601. The van der Waals surface area contributed by atoms with Gasteiger partial charge in [0.05, 0.1) is 35.0 Å². The standard InChI is InChI=1S/C25H33N3O5/c1-15-22(25(30)31)24(26)23-19(27-15)7-4-8-20(23)33-18-11-9-17(10-12-18)28-21(29)14-32-13-16-5-2-3-6-16/h4,7-8,16-18H,2-3,5-6,9-14H2,1H3,(H2,26,27)(H,28,29)(H,30,31). The first-order valence-electron chi connectivity index (χ1n) is 11.9. The van der Waals surface area contributed by atoms with Crippen LogP contribution in [0.15, 0.2) is 18.2 Å². The molecule has 0 bridgehead atoms. The predicted octanol–water partition coefficient (Wildman–Crippen LogP) is 3.84. The fourth-order valence-corrected chi connectivity index (χ4v) is 5.08. The van der Waals surface area contributed by atoms with Crippen LogP contribution in [0.25, 0.3) is 10.9 Å². The van der Waals surface area contributed by atoms with Gasteiger partial charge in [0.1, 0.15) is 17.9 Å². The summed E-state index contributed by atoms with van der Waals surface area (Å²) in [6.07, 6.45) is 8.14. The molecule has 2 aromatic rings. The maximum absolute atomic E-state index is 12.2. The smallest absolute Gasteiger partial charge is 0.339 e. The number of ether oxygens (including phenoxy) is 2. The van der Waals surface area contributed by atoms with Gasteiger partial charge in [-0.25, -0.2) is 4.79 Å². The number of carbonyl (C=O) groups is 2. The molecule has 178 valence electrons. The summed E-state index contributed by atoms with van der Waals surface area (Å²) in [6.45, 7) is 2.45. The zero-order chi connectivity index (χ0) is 23.4. The number of benzene rings is 1. The van der Waals surface area contributed by atoms with Crippen LogP contribution in [0.2, 0.25) is 0 Å². The number of pyridine rings is 1. The molecule has 0 unspecified atom stereocenters. The second kappa shape index (κ2) is 10.4. The van der Waals surface area contributed by atoms with Crippen molar-refractivity contribution in [2.24, 2.45) is 5.92 Å². The zero-order valence-corrected chi connectivity index (χ0v) is 19.1. The van der Waals surface area contributed by atoms with Gasteiger partial charge in [-0.1, -0.05) is 18.9 Å². The highest BCUT2D eigenvalue weighted by Crippen LogP contribution is 2.35. The number of carboxylic acids is 1. The van der Waals surface area contributed by atoms with Crippen molar-refractivity contribution in [3.63, 3.8) is 0 Å². The van der Waals surface area contributed by atoms with Crippen molar-refractivity contribution in [3.05, 3.63) is 29.5 Å². The summed E-state index contributed by atoms with van der Waals surface area (Å²) < 4.78 is 11.9. The van der Waals surface area contributed by atoms with E-state index in [0.717, 1.165) is 25.7 Å². The van der Waals surface area contributed by atoms with Gasteiger partial charge in [-0.2, -0.15) is 0 Å². The van der Waals surface area contributed by atoms with Crippen molar-refractivity contribution in [1.29, 1.82) is 0 Å². The molecule has 0 aliphatic heterocycles. The Labute approximate surface area is 193 Å². The van der Waals surface area contributed by atoms with Crippen LogP contribution in [0.1, 0.15) is 67.4 Å². The van der Waals surface area contributed by atoms with Crippen LogP contribution in [0, 0.1) is 12.8 Å². The minimum Gasteiger partial charge on any atom is -0.490 e. The second-order valence-corrected chi connectivity index (χ2v) is 9.27. The minimum absolute atomic E-state index is 0.0140. The van der Waals surface area contributed by atoms with Gasteiger partial charge in [0.15, 0.2) is 0 Å². The fraction of sp³-hybridized carbons (Fsp3) is 0.560. The lowest BCUT2D eigenvalue weighted by Crippen LogP contribution is -2.41. The maximum Gasteiger partial charge on any atom is 0.339 e. The topological polar surface area (TPSA) is 124 Å². The molecule has 2 saturated carbocycles. The van der Waals surface area contributed by atoms with Crippen molar-refractivity contribution in [2.45, 2.75) is 70.4 Å². The molecule has 1 aromatic carbocycles. The van der Waals surface area contributed by atoms with Gasteiger partial charge in [-0.3, -0.25) is 9.78 Å². The molecule has 1 amide bonds. The lowest BCUT2D eigenvalue weighted by molar-refractivity contribution is -0.127. The SMILES string of the molecule is Cc1nc2cccc(OC3CCC(NC(=O)COCC4CCCC4)CC3)c2c(N)c1C(=O)O. The lowest BCUT2D eigenvalue weighted by Gasteiger charge is -2.30. The number of carbonyl (C=O) groups excluding carboxylic acids is 1. The summed E-state index contributed by atoms with van der Waals surface area (Å²) in [4.78, 5) is 28.3. The van der Waals surface area contributed by atoms with E-state index in [1.807, 2.05) is 6.07 Å². The van der Waals surface area contributed by atoms with E-state index in [1.54, 1.807) is 19.1 Å². The minimum atomic E-state index is -1.10. The van der Waals surface area contributed by atoms with Crippen LogP contribution < -0.4 is 15.8 Å². The van der Waals surface area contributed by atoms with Crippen molar-refractivity contribution in [2.75, 3.05) is 18.9 Å². The Morgan fingerprint density at radius 2 is 1.88 bits per heavy atom. The number of hydrogen-bond acceptors (Lipinski definition) is 6. The average Bonchev–Trinajstić information content (AvgIpc) is 3.28. The first-order chi connectivity index (χ1) is 15.9. The van der Waals surface area contributed by atoms with Crippen LogP contribution in [0.3, 0.4) is 0 Å². The monoisotopic (exact) mass is 455 g/mol. The number of nitrogens with zero attached hydrogens (tertiary/aromatic N) is 1. The van der Waals surface area contributed by atoms with Gasteiger partial charge < -0.3 is 25.6 Å². The molecule has 0 spiro atoms. The molecule has 4 N–H and O–H groups in total. The number of nitrogens with one attached hydrogen (secondary N) is 1. The molecule has 8 heteroatoms. The van der Waals surface area contributed by atoms with Crippen molar-refractivity contribution < 1.29 is 24.2 Å². The van der Waals surface area contributed by atoms with Gasteiger partial charge in [0.2, 0.25) is 5.91 Å². The number of anilines is 1. The van der Waals surface area contributed by atoms with Gasteiger partial charge >= 0.3 is 5.97 Å². The molecule has 2 aliphatic rings. The summed E-state index contributed by atoms with van der Waals surface area (Å²) >= 11 is 0. The number of amides is 1. The third-order valence-electron chi connectivity index (χ3n) is 6.80. The van der Waals surface area contributed by atoms with Crippen LogP contribution in [-0.2, 0) is 9.53 Å². The van der Waals surface area contributed by atoms with E-state index in [-0.39, 0.29) is 35.9 Å². The molecule has 33 heavy (non-hydrogen) atoms. The number of carboxylic acid groups (broad SMARTS) is 1. The highest BCUT2D eigenvalue weighted by Gasteiger charge is 2.26. The largest absolute Gasteiger partial charge is 0.490 e. The van der Waals surface area contributed by atoms with E-state index in [4.69, 9.17) is 15.2 Å². The number of nitrogens with two attached hydrogens (primary N) is 1. The molecule has 0 atom stereocenters. The molecular formula is C25H33N3O5. The highest BCUT2D eigenvalue weighted by atomic mass is 16.5. The van der Waals surface area contributed by atoms with E-state index in [1.165, 1.54) is 25.7 Å². The number of aryl methyl sites for hydroxylation is 1. The zero-order valence-electron chi connectivity index (χ0n) is 19.1. The molecule has 1 aromatic heterocycles. The molecule has 8 nitrogen and oxygen atoms in total. The van der Waals surface area contributed by atoms with E-state index < -0.39 is 5.97 Å². The number of fused-ring (bicyclic) bond motifs is 1. The van der Waals surface area contributed by atoms with Crippen LogP contribution in [-0.4, -0.2) is 47.3 Å². The van der Waals surface area contributed by atoms with Gasteiger partial charge in [-0.05, 0) is 63.5 Å². The summed E-state index contributed by atoms with van der Waals surface area (Å²) in [7, 11) is 0. The normalized spacial score (nSPS) is 21.2. The van der Waals surface area contributed by atoms with Crippen molar-refractivity contribution >= 4 is 28.5 Å². The van der Waals surface area contributed by atoms with E-state index >= 15 is 0 Å². The van der Waals surface area contributed by atoms with E-state index in [2.05, 4.69) is 10.3 Å². The molecule has 2 aliphatic carbocycles. The quantitative estimate of drug-likeness (QED) is 0.552. The number of nitrogen functional groups attached to an aromatic ring is 1. The fourth-order valence-electron chi connectivity index (χ4n) is 5.08. The Morgan fingerprint density at radius 1 is 1.15 bits per heavy atom. The van der Waals surface area contributed by atoms with Crippen LogP contribution >= 0.6 is 0 Å². The van der Waals surface area contributed by atoms with E-state index in [9.17, 15) is 14.7 Å². The number of aromatic nitrogens is 1. The number of hydrogen-bond donors (Lipinski definition) is 3. The first-order valence-corrected chi connectivity index (χ1v) is 11.9. The average molecular weight is 456 g/mol. The molecule has 0 radical (unpaired) electrons. The Balaban J connectivity index is 1.31. The molecule has 2 fully saturated rings. The molecular weight excluding hydrogens is 422 g/mol. The molecule has 4 rings (SSSR count). The van der Waals surface area contributed by atoms with E-state index in [0.29, 0.717) is 34.9 Å². The predicted molar refractivity (Wildman–Crippen MR) is 125 cm³/mol.